The lowest BCUT2D eigenvalue weighted by Crippen LogP contribution is -2.43. The van der Waals surface area contributed by atoms with Crippen LogP contribution in [0.15, 0.2) is 47.4 Å². The minimum Gasteiger partial charge on any atom is -0.497 e. The number of hydrogen-bond acceptors (Lipinski definition) is 6. The molecule has 0 saturated heterocycles. The highest BCUT2D eigenvalue weighted by molar-refractivity contribution is 7.89. The Balaban J connectivity index is 1.86. The van der Waals surface area contributed by atoms with Crippen LogP contribution < -0.4 is 18.9 Å². The van der Waals surface area contributed by atoms with E-state index < -0.39 is 15.6 Å². The molecule has 0 spiro atoms. The Hall–Kier alpha value is -2.29. The molecule has 7 nitrogen and oxygen atoms in total. The molecule has 8 heteroatoms. The number of rotatable bonds is 6. The Morgan fingerprint density at radius 2 is 1.96 bits per heavy atom. The second-order valence-corrected chi connectivity index (χ2v) is 7.70. The summed E-state index contributed by atoms with van der Waals surface area (Å²) in [5.74, 6) is 1.21. The van der Waals surface area contributed by atoms with Crippen molar-refractivity contribution in [3.63, 3.8) is 0 Å². The number of para-hydroxylation sites is 1. The van der Waals surface area contributed by atoms with Crippen LogP contribution in [0.4, 0.5) is 0 Å². The Bertz CT molecular complexity index is 898. The summed E-state index contributed by atoms with van der Waals surface area (Å²) >= 11 is 0. The first kappa shape index (κ1) is 18.5. The maximum absolute atomic E-state index is 12.7. The second kappa shape index (κ2) is 7.14. The average Bonchev–Trinajstić information content (AvgIpc) is 2.66. The third kappa shape index (κ3) is 3.48. The van der Waals surface area contributed by atoms with Gasteiger partial charge >= 0.3 is 0 Å². The lowest BCUT2D eigenvalue weighted by molar-refractivity contribution is 0.00218. The topological polar surface area (TPSA) is 94.1 Å². The second-order valence-electron chi connectivity index (χ2n) is 5.97. The van der Waals surface area contributed by atoms with Crippen LogP contribution in [0, 0.1) is 0 Å². The Labute approximate surface area is 152 Å². The lowest BCUT2D eigenvalue weighted by atomic mass is 9.88. The van der Waals surface area contributed by atoms with E-state index in [1.54, 1.807) is 24.3 Å². The molecule has 1 aliphatic heterocycles. The summed E-state index contributed by atoms with van der Waals surface area (Å²) in [6.07, 6.45) is 0.284. The zero-order valence-corrected chi connectivity index (χ0v) is 15.4. The number of aliphatic hydroxyl groups is 1. The monoisotopic (exact) mass is 379 g/mol. The molecule has 3 rings (SSSR count). The van der Waals surface area contributed by atoms with Gasteiger partial charge in [-0.25, -0.2) is 13.1 Å². The summed E-state index contributed by atoms with van der Waals surface area (Å²) in [5, 5.41) is 11.0. The first-order valence-electron chi connectivity index (χ1n) is 8.06. The Morgan fingerprint density at radius 3 is 2.69 bits per heavy atom. The summed E-state index contributed by atoms with van der Waals surface area (Å²) in [4.78, 5) is -0.0234. The molecular formula is C18H21NO6S. The molecule has 1 atom stereocenters. The van der Waals surface area contributed by atoms with Gasteiger partial charge < -0.3 is 19.3 Å². The third-order valence-corrected chi connectivity index (χ3v) is 5.82. The van der Waals surface area contributed by atoms with Crippen molar-refractivity contribution in [2.24, 2.45) is 0 Å². The van der Waals surface area contributed by atoms with Crippen LogP contribution in [-0.2, 0) is 15.6 Å². The first-order chi connectivity index (χ1) is 12.4. The number of nitrogens with one attached hydrogen (secondary N) is 1. The molecule has 1 heterocycles. The molecule has 2 aromatic rings. The van der Waals surface area contributed by atoms with E-state index in [4.69, 9.17) is 14.2 Å². The van der Waals surface area contributed by atoms with Gasteiger partial charge in [0.2, 0.25) is 10.0 Å². The van der Waals surface area contributed by atoms with E-state index in [1.165, 1.54) is 32.4 Å². The van der Waals surface area contributed by atoms with Gasteiger partial charge in [-0.15, -0.1) is 0 Å². The minimum absolute atomic E-state index is 0.0234. The van der Waals surface area contributed by atoms with E-state index in [0.29, 0.717) is 23.7 Å². The maximum Gasteiger partial charge on any atom is 0.244 e. The number of benzene rings is 2. The van der Waals surface area contributed by atoms with Crippen LogP contribution in [0.2, 0.25) is 0 Å². The van der Waals surface area contributed by atoms with Crippen molar-refractivity contribution >= 4 is 10.0 Å². The SMILES string of the molecule is COc1ccc(S(=O)(=O)NCC2(O)CCOc3ccccc32)c(OC)c1. The Kier molecular flexibility index (Phi) is 5.08. The van der Waals surface area contributed by atoms with Gasteiger partial charge in [0.1, 0.15) is 27.7 Å². The van der Waals surface area contributed by atoms with Crippen LogP contribution in [0.3, 0.4) is 0 Å². The molecule has 1 unspecified atom stereocenters. The van der Waals surface area contributed by atoms with Gasteiger partial charge in [-0.3, -0.25) is 0 Å². The molecule has 0 amide bonds. The molecule has 0 fully saturated rings. The van der Waals surface area contributed by atoms with Crippen LogP contribution in [0.5, 0.6) is 17.2 Å². The van der Waals surface area contributed by atoms with Crippen LogP contribution in [0.1, 0.15) is 12.0 Å². The van der Waals surface area contributed by atoms with E-state index in [1.807, 2.05) is 0 Å². The summed E-state index contributed by atoms with van der Waals surface area (Å²) in [5.41, 5.74) is -0.780. The molecule has 26 heavy (non-hydrogen) atoms. The zero-order valence-electron chi connectivity index (χ0n) is 14.6. The summed E-state index contributed by atoms with van der Waals surface area (Å²) in [7, 11) is -1.03. The molecule has 1 aliphatic rings. The van der Waals surface area contributed by atoms with E-state index >= 15 is 0 Å². The lowest BCUT2D eigenvalue weighted by Gasteiger charge is -2.34. The standard InChI is InChI=1S/C18H21NO6S/c1-23-13-7-8-17(16(11-13)24-2)26(21,22)19-12-18(20)9-10-25-15-6-4-3-5-14(15)18/h3-8,11,19-20H,9-10,12H2,1-2H3. The smallest absolute Gasteiger partial charge is 0.244 e. The van der Waals surface area contributed by atoms with Gasteiger partial charge in [0.05, 0.1) is 20.8 Å². The zero-order chi connectivity index (χ0) is 18.8. The quantitative estimate of drug-likeness (QED) is 0.793. The molecule has 140 valence electrons. The fraction of sp³-hybridized carbons (Fsp3) is 0.333. The fourth-order valence-electron chi connectivity index (χ4n) is 2.91. The predicted molar refractivity (Wildman–Crippen MR) is 95.2 cm³/mol. The van der Waals surface area contributed by atoms with E-state index in [0.717, 1.165) is 0 Å². The third-order valence-electron chi connectivity index (χ3n) is 4.38. The number of ether oxygens (including phenoxy) is 3. The summed E-state index contributed by atoms with van der Waals surface area (Å²) in [6, 6.07) is 11.5. The number of fused-ring (bicyclic) bond motifs is 1. The highest BCUT2D eigenvalue weighted by Crippen LogP contribution is 2.37. The van der Waals surface area contributed by atoms with Crippen LogP contribution in [-0.4, -0.2) is 40.9 Å². The highest BCUT2D eigenvalue weighted by Gasteiger charge is 2.37. The molecule has 2 aromatic carbocycles. The molecule has 0 radical (unpaired) electrons. The van der Waals surface area contributed by atoms with Crippen molar-refractivity contribution in [3.05, 3.63) is 48.0 Å². The molecular weight excluding hydrogens is 358 g/mol. The van der Waals surface area contributed by atoms with Gasteiger partial charge in [-0.1, -0.05) is 18.2 Å². The molecule has 0 aromatic heterocycles. The van der Waals surface area contributed by atoms with Gasteiger partial charge in [-0.2, -0.15) is 0 Å². The largest absolute Gasteiger partial charge is 0.497 e. The highest BCUT2D eigenvalue weighted by atomic mass is 32.2. The average molecular weight is 379 g/mol. The predicted octanol–water partition coefficient (Wildman–Crippen LogP) is 1.65. The van der Waals surface area contributed by atoms with Crippen molar-refractivity contribution in [2.75, 3.05) is 27.4 Å². The van der Waals surface area contributed by atoms with Crippen molar-refractivity contribution in [1.29, 1.82) is 0 Å². The number of methoxy groups -OCH3 is 2. The van der Waals surface area contributed by atoms with E-state index in [2.05, 4.69) is 4.72 Å². The minimum atomic E-state index is -3.90. The molecule has 0 bridgehead atoms. The Morgan fingerprint density at radius 1 is 1.19 bits per heavy atom. The van der Waals surface area contributed by atoms with Crippen molar-refractivity contribution < 1.29 is 27.7 Å². The summed E-state index contributed by atoms with van der Waals surface area (Å²) in [6.45, 7) is 0.131. The van der Waals surface area contributed by atoms with Crippen molar-refractivity contribution in [2.45, 2.75) is 16.9 Å². The van der Waals surface area contributed by atoms with Crippen molar-refractivity contribution in [1.82, 2.24) is 4.72 Å². The van der Waals surface area contributed by atoms with Crippen LogP contribution >= 0.6 is 0 Å². The van der Waals surface area contributed by atoms with Gasteiger partial charge in [0.15, 0.2) is 0 Å². The van der Waals surface area contributed by atoms with Crippen molar-refractivity contribution in [3.8, 4) is 17.2 Å². The fourth-order valence-corrected chi connectivity index (χ4v) is 4.15. The van der Waals surface area contributed by atoms with Gasteiger partial charge in [0.25, 0.3) is 0 Å². The first-order valence-corrected chi connectivity index (χ1v) is 9.54. The maximum atomic E-state index is 12.7. The van der Waals surface area contributed by atoms with Crippen LogP contribution in [0.25, 0.3) is 0 Å². The molecule has 0 saturated carbocycles. The summed E-state index contributed by atoms with van der Waals surface area (Å²) < 4.78 is 43.7. The normalized spacial score (nSPS) is 19.3. The van der Waals surface area contributed by atoms with E-state index in [9.17, 15) is 13.5 Å². The number of hydrogen-bond donors (Lipinski definition) is 2. The van der Waals surface area contributed by atoms with E-state index in [-0.39, 0.29) is 23.6 Å². The molecule has 2 N–H and O–H groups in total. The molecule has 0 aliphatic carbocycles. The van der Waals surface area contributed by atoms with Gasteiger partial charge in [-0.05, 0) is 18.2 Å². The van der Waals surface area contributed by atoms with Gasteiger partial charge in [0, 0.05) is 24.6 Å². The number of sulfonamides is 1.